The molecule has 0 aliphatic carbocycles. The molecule has 0 saturated heterocycles. The Morgan fingerprint density at radius 2 is 1.72 bits per heavy atom. The van der Waals surface area contributed by atoms with Crippen molar-refractivity contribution in [2.75, 3.05) is 12.3 Å². The number of rotatable bonds is 7. The first-order valence-corrected chi connectivity index (χ1v) is 8.99. The molecule has 4 nitrogen and oxygen atoms in total. The van der Waals surface area contributed by atoms with E-state index in [2.05, 4.69) is 0 Å². The second kappa shape index (κ2) is 9.21. The monoisotopic (exact) mass is 437 g/mol. The zero-order valence-electron chi connectivity index (χ0n) is 12.5. The van der Waals surface area contributed by atoms with Crippen molar-refractivity contribution < 1.29 is 27.9 Å². The summed E-state index contributed by atoms with van der Waals surface area (Å²) in [5, 5.41) is 9.25. The summed E-state index contributed by atoms with van der Waals surface area (Å²) in [5.41, 5.74) is 0.853. The maximum Gasteiger partial charge on any atom is 0.471 e. The SMILES string of the molecule is O=C(O)[C@H](CSCc1ccccc1)N(CC(Cl)(Cl)Cl)C(=O)C(F)(F)F. The topological polar surface area (TPSA) is 57.6 Å². The van der Waals surface area contributed by atoms with Crippen LogP contribution < -0.4 is 0 Å². The lowest BCUT2D eigenvalue weighted by Crippen LogP contribution is -2.54. The van der Waals surface area contributed by atoms with E-state index < -0.39 is 34.4 Å². The number of carboxylic acids is 1. The molecule has 0 saturated carbocycles. The highest BCUT2D eigenvalue weighted by molar-refractivity contribution is 7.98. The third-order valence-corrected chi connectivity index (χ3v) is 4.35. The van der Waals surface area contributed by atoms with Crippen LogP contribution in [0.15, 0.2) is 30.3 Å². The smallest absolute Gasteiger partial charge is 0.471 e. The lowest BCUT2D eigenvalue weighted by atomic mass is 10.2. The zero-order chi connectivity index (χ0) is 19.3. The average molecular weight is 439 g/mol. The Hall–Kier alpha value is -0.830. The summed E-state index contributed by atoms with van der Waals surface area (Å²) in [4.78, 5) is 23.0. The summed E-state index contributed by atoms with van der Waals surface area (Å²) < 4.78 is 36.0. The first kappa shape index (κ1) is 22.2. The molecule has 1 atom stereocenters. The first-order chi connectivity index (χ1) is 11.4. The Bertz CT molecular complexity index is 596. The number of carbonyl (C=O) groups is 2. The van der Waals surface area contributed by atoms with E-state index in [9.17, 15) is 27.9 Å². The van der Waals surface area contributed by atoms with E-state index in [4.69, 9.17) is 34.8 Å². The number of carboxylic acid groups (broad SMARTS) is 1. The lowest BCUT2D eigenvalue weighted by molar-refractivity contribution is -0.189. The van der Waals surface area contributed by atoms with Gasteiger partial charge in [-0.2, -0.15) is 24.9 Å². The van der Waals surface area contributed by atoms with Crippen molar-refractivity contribution in [3.8, 4) is 0 Å². The Labute approximate surface area is 161 Å². The number of hydrogen-bond acceptors (Lipinski definition) is 3. The van der Waals surface area contributed by atoms with Crippen LogP contribution in [0.25, 0.3) is 0 Å². The molecule has 0 aliphatic rings. The number of thioether (sulfide) groups is 1. The van der Waals surface area contributed by atoms with Gasteiger partial charge in [0.15, 0.2) is 0 Å². The van der Waals surface area contributed by atoms with Gasteiger partial charge < -0.3 is 10.0 Å². The maximum absolute atomic E-state index is 12.8. The maximum atomic E-state index is 12.8. The van der Waals surface area contributed by atoms with Crippen molar-refractivity contribution >= 4 is 58.4 Å². The van der Waals surface area contributed by atoms with Crippen molar-refractivity contribution in [1.82, 2.24) is 4.90 Å². The Morgan fingerprint density at radius 3 is 2.16 bits per heavy atom. The van der Waals surface area contributed by atoms with Gasteiger partial charge in [-0.05, 0) is 5.56 Å². The molecule has 0 spiro atoms. The number of benzene rings is 1. The third-order valence-electron chi connectivity index (χ3n) is 2.90. The van der Waals surface area contributed by atoms with Gasteiger partial charge in [-0.25, -0.2) is 4.79 Å². The molecule has 1 rings (SSSR count). The first-order valence-electron chi connectivity index (χ1n) is 6.71. The molecule has 1 amide bonds. The van der Waals surface area contributed by atoms with Crippen LogP contribution in [-0.4, -0.2) is 50.2 Å². The van der Waals surface area contributed by atoms with Gasteiger partial charge in [0.25, 0.3) is 0 Å². The van der Waals surface area contributed by atoms with Gasteiger partial charge in [0.1, 0.15) is 6.04 Å². The number of aliphatic carboxylic acids is 1. The van der Waals surface area contributed by atoms with Gasteiger partial charge in [0.2, 0.25) is 3.79 Å². The predicted octanol–water partition coefficient (Wildman–Crippen LogP) is 4.13. The Kier molecular flexibility index (Phi) is 8.18. The lowest BCUT2D eigenvalue weighted by Gasteiger charge is -2.31. The molecular weight excluding hydrogens is 426 g/mol. The number of amides is 1. The number of alkyl halides is 6. The zero-order valence-corrected chi connectivity index (χ0v) is 15.6. The minimum Gasteiger partial charge on any atom is -0.480 e. The van der Waals surface area contributed by atoms with Crippen LogP contribution in [0.2, 0.25) is 0 Å². The summed E-state index contributed by atoms with van der Waals surface area (Å²) in [6.07, 6.45) is -5.28. The predicted molar refractivity (Wildman–Crippen MR) is 92.1 cm³/mol. The van der Waals surface area contributed by atoms with E-state index in [1.807, 2.05) is 0 Å². The second-order valence-corrected chi connectivity index (χ2v) is 8.45. The molecule has 1 N–H and O–H groups in total. The number of carbonyl (C=O) groups excluding carboxylic acids is 1. The summed E-state index contributed by atoms with van der Waals surface area (Å²) in [6.45, 7) is -1.00. The van der Waals surface area contributed by atoms with Crippen molar-refractivity contribution in [1.29, 1.82) is 0 Å². The van der Waals surface area contributed by atoms with Crippen LogP contribution in [0.4, 0.5) is 13.2 Å². The van der Waals surface area contributed by atoms with Crippen LogP contribution in [0, 0.1) is 0 Å². The molecule has 0 radical (unpaired) electrons. The van der Waals surface area contributed by atoms with Gasteiger partial charge >= 0.3 is 18.1 Å². The molecule has 1 aromatic carbocycles. The van der Waals surface area contributed by atoms with E-state index in [0.717, 1.165) is 17.3 Å². The van der Waals surface area contributed by atoms with Crippen LogP contribution in [-0.2, 0) is 15.3 Å². The third kappa shape index (κ3) is 7.94. The number of halogens is 6. The Balaban J connectivity index is 2.91. The summed E-state index contributed by atoms with van der Waals surface area (Å²) in [6, 6.07) is 7.10. The molecule has 0 aliphatic heterocycles. The summed E-state index contributed by atoms with van der Waals surface area (Å²) in [5.74, 6) is -3.93. The van der Waals surface area contributed by atoms with Crippen molar-refractivity contribution in [3.05, 3.63) is 35.9 Å². The average Bonchev–Trinajstić information content (AvgIpc) is 2.48. The largest absolute Gasteiger partial charge is 0.480 e. The molecule has 0 unspecified atom stereocenters. The van der Waals surface area contributed by atoms with Gasteiger partial charge in [0, 0.05) is 11.5 Å². The molecule has 1 aromatic rings. The van der Waals surface area contributed by atoms with E-state index >= 15 is 0 Å². The van der Waals surface area contributed by atoms with Crippen LogP contribution in [0.3, 0.4) is 0 Å². The normalized spacial score (nSPS) is 13.4. The van der Waals surface area contributed by atoms with Crippen molar-refractivity contribution in [2.24, 2.45) is 0 Å². The molecule has 25 heavy (non-hydrogen) atoms. The van der Waals surface area contributed by atoms with E-state index in [1.165, 1.54) is 0 Å². The van der Waals surface area contributed by atoms with Gasteiger partial charge in [-0.1, -0.05) is 65.1 Å². The standard InChI is InChI=1S/C14H13Cl3F3NO3S/c15-13(16,17)8-21(12(24)14(18,19)20)10(11(22)23)7-25-6-9-4-2-1-3-5-9/h1-5,10H,6-8H2,(H,22,23)/t10-/m0/s1. The summed E-state index contributed by atoms with van der Waals surface area (Å²) >= 11 is 17.5. The van der Waals surface area contributed by atoms with Crippen LogP contribution in [0.1, 0.15) is 5.56 Å². The highest BCUT2D eigenvalue weighted by atomic mass is 35.6. The minimum absolute atomic E-state index is 0.0350. The van der Waals surface area contributed by atoms with Crippen molar-refractivity contribution in [2.45, 2.75) is 21.8 Å². The molecule has 0 fully saturated rings. The number of nitrogens with zero attached hydrogens (tertiary/aromatic N) is 1. The van der Waals surface area contributed by atoms with Gasteiger partial charge in [-0.15, -0.1) is 0 Å². The molecule has 0 heterocycles. The highest BCUT2D eigenvalue weighted by Gasteiger charge is 2.48. The van der Waals surface area contributed by atoms with Gasteiger partial charge in [0.05, 0.1) is 6.54 Å². The van der Waals surface area contributed by atoms with Crippen LogP contribution >= 0.6 is 46.6 Å². The minimum atomic E-state index is -5.28. The molecular formula is C14H13Cl3F3NO3S. The second-order valence-electron chi connectivity index (χ2n) is 4.90. The van der Waals surface area contributed by atoms with Crippen molar-refractivity contribution in [3.63, 3.8) is 0 Å². The molecule has 0 aromatic heterocycles. The highest BCUT2D eigenvalue weighted by Crippen LogP contribution is 2.31. The van der Waals surface area contributed by atoms with E-state index in [1.54, 1.807) is 30.3 Å². The number of hydrogen-bond donors (Lipinski definition) is 1. The molecule has 11 heteroatoms. The Morgan fingerprint density at radius 1 is 1.16 bits per heavy atom. The fourth-order valence-corrected chi connectivity index (χ4v) is 3.31. The van der Waals surface area contributed by atoms with E-state index in [-0.39, 0.29) is 10.7 Å². The fraction of sp³-hybridized carbons (Fsp3) is 0.429. The summed E-state index contributed by atoms with van der Waals surface area (Å²) in [7, 11) is 0. The van der Waals surface area contributed by atoms with Crippen LogP contribution in [0.5, 0.6) is 0 Å². The van der Waals surface area contributed by atoms with Gasteiger partial charge in [-0.3, -0.25) is 4.79 Å². The molecule has 140 valence electrons. The quantitative estimate of drug-likeness (QED) is 0.650. The van der Waals surface area contributed by atoms with E-state index in [0.29, 0.717) is 5.75 Å². The fourth-order valence-electron chi connectivity index (χ4n) is 1.84. The molecule has 0 bridgehead atoms.